The van der Waals surface area contributed by atoms with Crippen molar-refractivity contribution in [1.82, 2.24) is 4.98 Å². The minimum absolute atomic E-state index is 0.662. The van der Waals surface area contributed by atoms with Gasteiger partial charge in [-0.05, 0) is 43.7 Å². The molecule has 1 aromatic carbocycles. The average Bonchev–Trinajstić information content (AvgIpc) is 3.02. The highest BCUT2D eigenvalue weighted by atomic mass is 32.1. The molecule has 1 fully saturated rings. The van der Waals surface area contributed by atoms with Gasteiger partial charge in [0.25, 0.3) is 0 Å². The predicted molar refractivity (Wildman–Crippen MR) is 91.0 cm³/mol. The van der Waals surface area contributed by atoms with E-state index >= 15 is 0 Å². The van der Waals surface area contributed by atoms with Gasteiger partial charge in [-0.15, -0.1) is 11.3 Å². The third-order valence-electron chi connectivity index (χ3n) is 3.87. The highest BCUT2D eigenvalue weighted by Crippen LogP contribution is 2.26. The third kappa shape index (κ3) is 3.52. The SMILES string of the molecule is CC1CCC/C(=N/Nc2nc(-c3ccc(C#N)cc3)cs2)C1. The van der Waals surface area contributed by atoms with Crippen molar-refractivity contribution < 1.29 is 0 Å². The molecule has 1 aliphatic carbocycles. The minimum atomic E-state index is 0.662. The Bertz CT molecular complexity index is 709. The van der Waals surface area contributed by atoms with Crippen LogP contribution in [0.3, 0.4) is 0 Å². The Morgan fingerprint density at radius 3 is 2.91 bits per heavy atom. The van der Waals surface area contributed by atoms with E-state index in [0.29, 0.717) is 5.56 Å². The highest BCUT2D eigenvalue weighted by Gasteiger charge is 2.14. The van der Waals surface area contributed by atoms with E-state index in [0.717, 1.165) is 35.1 Å². The van der Waals surface area contributed by atoms with Crippen molar-refractivity contribution in [1.29, 1.82) is 5.26 Å². The van der Waals surface area contributed by atoms with Gasteiger partial charge in [-0.3, -0.25) is 5.43 Å². The molecule has 0 aliphatic heterocycles. The number of hydrogen-bond donors (Lipinski definition) is 1. The molecule has 1 aromatic heterocycles. The van der Waals surface area contributed by atoms with Gasteiger partial charge in [0.1, 0.15) is 0 Å². The Labute approximate surface area is 134 Å². The molecule has 1 unspecified atom stereocenters. The van der Waals surface area contributed by atoms with Crippen LogP contribution >= 0.6 is 11.3 Å². The topological polar surface area (TPSA) is 61.1 Å². The van der Waals surface area contributed by atoms with Crippen molar-refractivity contribution in [3.63, 3.8) is 0 Å². The number of thiazole rings is 1. The smallest absolute Gasteiger partial charge is 0.203 e. The largest absolute Gasteiger partial charge is 0.253 e. The van der Waals surface area contributed by atoms with Crippen LogP contribution in [0, 0.1) is 17.2 Å². The summed E-state index contributed by atoms with van der Waals surface area (Å²) in [6, 6.07) is 9.59. The van der Waals surface area contributed by atoms with Crippen LogP contribution in [0.15, 0.2) is 34.7 Å². The van der Waals surface area contributed by atoms with Crippen molar-refractivity contribution in [3.8, 4) is 17.3 Å². The molecule has 0 bridgehead atoms. The third-order valence-corrected chi connectivity index (χ3v) is 4.62. The Morgan fingerprint density at radius 2 is 2.18 bits per heavy atom. The minimum Gasteiger partial charge on any atom is -0.253 e. The van der Waals surface area contributed by atoms with Gasteiger partial charge < -0.3 is 0 Å². The summed E-state index contributed by atoms with van der Waals surface area (Å²) in [5, 5.41) is 16.2. The lowest BCUT2D eigenvalue weighted by Gasteiger charge is -2.18. The monoisotopic (exact) mass is 310 g/mol. The number of hydrazone groups is 1. The summed E-state index contributed by atoms with van der Waals surface area (Å²) in [5.74, 6) is 0.736. The van der Waals surface area contributed by atoms with E-state index in [4.69, 9.17) is 5.26 Å². The van der Waals surface area contributed by atoms with Crippen LogP contribution in [-0.2, 0) is 0 Å². The Balaban J connectivity index is 1.68. The Morgan fingerprint density at radius 1 is 1.36 bits per heavy atom. The van der Waals surface area contributed by atoms with E-state index in [9.17, 15) is 0 Å². The maximum atomic E-state index is 8.83. The summed E-state index contributed by atoms with van der Waals surface area (Å²) in [5.41, 5.74) is 6.92. The molecular weight excluding hydrogens is 292 g/mol. The zero-order valence-corrected chi connectivity index (χ0v) is 13.4. The lowest BCUT2D eigenvalue weighted by molar-refractivity contribution is 0.500. The van der Waals surface area contributed by atoms with Gasteiger partial charge >= 0.3 is 0 Å². The Hall–Kier alpha value is -2.19. The number of rotatable bonds is 3. The molecular formula is C17H18N4S. The van der Waals surface area contributed by atoms with E-state index in [2.05, 4.69) is 28.5 Å². The lowest BCUT2D eigenvalue weighted by Crippen LogP contribution is -2.13. The number of hydrogen-bond acceptors (Lipinski definition) is 5. The van der Waals surface area contributed by atoms with Gasteiger partial charge in [0.05, 0.1) is 17.3 Å². The molecule has 112 valence electrons. The summed E-state index contributed by atoms with van der Waals surface area (Å²) < 4.78 is 0. The maximum absolute atomic E-state index is 8.83. The molecule has 0 amide bonds. The van der Waals surface area contributed by atoms with E-state index in [1.807, 2.05) is 29.6 Å². The predicted octanol–water partition coefficient (Wildman–Crippen LogP) is 4.66. The number of nitriles is 1. The van der Waals surface area contributed by atoms with Crippen molar-refractivity contribution in [2.75, 3.05) is 5.43 Å². The van der Waals surface area contributed by atoms with Gasteiger partial charge in [0.15, 0.2) is 0 Å². The van der Waals surface area contributed by atoms with Crippen molar-refractivity contribution in [3.05, 3.63) is 35.2 Å². The second-order valence-corrected chi connectivity index (χ2v) is 6.58. The van der Waals surface area contributed by atoms with E-state index in [1.54, 1.807) is 11.3 Å². The average molecular weight is 310 g/mol. The fourth-order valence-corrected chi connectivity index (χ4v) is 3.32. The van der Waals surface area contributed by atoms with Gasteiger partial charge in [-0.2, -0.15) is 10.4 Å². The first-order chi connectivity index (χ1) is 10.7. The fraction of sp³-hybridized carbons (Fsp3) is 0.353. The van der Waals surface area contributed by atoms with Crippen LogP contribution < -0.4 is 5.43 Å². The molecule has 1 aliphatic rings. The quantitative estimate of drug-likeness (QED) is 0.839. The molecule has 2 aromatic rings. The molecule has 1 N–H and O–H groups in total. The summed E-state index contributed by atoms with van der Waals surface area (Å²) in [7, 11) is 0. The molecule has 5 heteroatoms. The van der Waals surface area contributed by atoms with E-state index < -0.39 is 0 Å². The lowest BCUT2D eigenvalue weighted by atomic mass is 9.89. The van der Waals surface area contributed by atoms with Gasteiger partial charge in [0.2, 0.25) is 5.13 Å². The molecule has 1 atom stereocenters. The first-order valence-electron chi connectivity index (χ1n) is 7.52. The number of nitrogens with zero attached hydrogens (tertiary/aromatic N) is 3. The number of nitrogens with one attached hydrogen (secondary N) is 1. The van der Waals surface area contributed by atoms with E-state index in [-0.39, 0.29) is 0 Å². The second kappa shape index (κ2) is 6.71. The second-order valence-electron chi connectivity index (χ2n) is 5.72. The Kier molecular flexibility index (Phi) is 4.50. The van der Waals surface area contributed by atoms with Crippen LogP contribution in [0.5, 0.6) is 0 Å². The standard InChI is InChI=1S/C17H18N4S/c1-12-3-2-4-15(9-12)20-21-17-19-16(11-22-17)14-7-5-13(10-18)6-8-14/h5-8,11-12H,2-4,9H2,1H3,(H,19,21)/b20-15-. The molecule has 1 heterocycles. The normalized spacial score (nSPS) is 19.8. The van der Waals surface area contributed by atoms with Crippen molar-refractivity contribution in [2.24, 2.45) is 11.0 Å². The molecule has 22 heavy (non-hydrogen) atoms. The van der Waals surface area contributed by atoms with Crippen molar-refractivity contribution >= 4 is 22.2 Å². The number of anilines is 1. The summed E-state index contributed by atoms with van der Waals surface area (Å²) >= 11 is 1.55. The number of benzene rings is 1. The van der Waals surface area contributed by atoms with Crippen LogP contribution in [0.1, 0.15) is 38.2 Å². The van der Waals surface area contributed by atoms with Crippen LogP contribution in [0.25, 0.3) is 11.3 Å². The van der Waals surface area contributed by atoms with Crippen LogP contribution in [0.2, 0.25) is 0 Å². The molecule has 1 saturated carbocycles. The summed E-state index contributed by atoms with van der Waals surface area (Å²) in [6.07, 6.45) is 4.71. The van der Waals surface area contributed by atoms with Gasteiger partial charge in [-0.1, -0.05) is 19.1 Å². The van der Waals surface area contributed by atoms with Crippen LogP contribution in [0.4, 0.5) is 5.13 Å². The summed E-state index contributed by atoms with van der Waals surface area (Å²) in [4.78, 5) is 4.56. The zero-order chi connectivity index (χ0) is 15.4. The highest BCUT2D eigenvalue weighted by molar-refractivity contribution is 7.14. The zero-order valence-electron chi connectivity index (χ0n) is 12.5. The molecule has 0 saturated heterocycles. The van der Waals surface area contributed by atoms with Crippen molar-refractivity contribution in [2.45, 2.75) is 32.6 Å². The summed E-state index contributed by atoms with van der Waals surface area (Å²) in [6.45, 7) is 2.28. The first-order valence-corrected chi connectivity index (χ1v) is 8.40. The van der Waals surface area contributed by atoms with Crippen LogP contribution in [-0.4, -0.2) is 10.7 Å². The molecule has 0 spiro atoms. The maximum Gasteiger partial charge on any atom is 0.203 e. The molecule has 4 nitrogen and oxygen atoms in total. The number of aromatic nitrogens is 1. The van der Waals surface area contributed by atoms with Gasteiger partial charge in [-0.25, -0.2) is 4.98 Å². The fourth-order valence-electron chi connectivity index (χ4n) is 2.66. The van der Waals surface area contributed by atoms with Gasteiger partial charge in [0, 0.05) is 16.7 Å². The first kappa shape index (κ1) is 14.7. The molecule has 0 radical (unpaired) electrons. The molecule has 3 rings (SSSR count). The van der Waals surface area contributed by atoms with E-state index in [1.165, 1.54) is 18.6 Å².